The summed E-state index contributed by atoms with van der Waals surface area (Å²) in [6, 6.07) is 151. The molecule has 0 aliphatic carbocycles. The van der Waals surface area contributed by atoms with Gasteiger partial charge in [-0.15, -0.1) is 0 Å². The van der Waals surface area contributed by atoms with E-state index in [1.54, 1.807) is 0 Å². The van der Waals surface area contributed by atoms with Gasteiger partial charge in [0.05, 0.1) is 0 Å². The molecule has 0 bridgehead atoms. The molecule has 0 spiro atoms. The topological polar surface area (TPSA) is 73.8 Å². The fraction of sp³-hybridized carbons (Fsp3) is 0.0400. The Bertz CT molecular complexity index is 8090. The van der Waals surface area contributed by atoms with Gasteiger partial charge < -0.3 is 37.9 Å². The van der Waals surface area contributed by atoms with Crippen molar-refractivity contribution in [2.75, 3.05) is 0 Å². The highest BCUT2D eigenvalue weighted by Gasteiger charge is 2.47. The molecule has 646 valence electrons. The van der Waals surface area contributed by atoms with Crippen LogP contribution in [0.2, 0.25) is 0 Å². The molecule has 8 heterocycles. The number of hydrogen-bond acceptors (Lipinski definition) is 8. The van der Waals surface area contributed by atoms with Gasteiger partial charge in [0.1, 0.15) is 92.0 Å². The number of benzene rings is 20. The third kappa shape index (κ3) is 14.3. The lowest BCUT2D eigenvalue weighted by Gasteiger charge is -2.34. The summed E-state index contributed by atoms with van der Waals surface area (Å²) >= 11 is 0. The average Bonchev–Trinajstić information content (AvgIpc) is 0.728. The van der Waals surface area contributed by atoms with E-state index in [1.807, 2.05) is 30.3 Å². The second kappa shape index (κ2) is 34.0. The van der Waals surface area contributed by atoms with Crippen molar-refractivity contribution in [2.45, 2.75) is 34.6 Å². The summed E-state index contributed by atoms with van der Waals surface area (Å²) in [5.41, 5.74) is 38.8. The first-order valence-electron chi connectivity index (χ1n) is 47.0. The molecule has 0 atom stereocenters. The summed E-state index contributed by atoms with van der Waals surface area (Å²) < 4.78 is 52.4. The fourth-order valence-corrected chi connectivity index (χ4v) is 21.6. The Hall–Kier alpha value is -16.9. The van der Waals surface area contributed by atoms with Crippen LogP contribution in [-0.4, -0.2) is 26.9 Å². The predicted molar refractivity (Wildman–Crippen MR) is 564 cm³/mol. The van der Waals surface area contributed by atoms with Crippen molar-refractivity contribution in [1.82, 2.24) is 0 Å². The van der Waals surface area contributed by atoms with Gasteiger partial charge in [-0.2, -0.15) is 0 Å². The van der Waals surface area contributed by atoms with Crippen LogP contribution in [0.3, 0.4) is 0 Å². The Labute approximate surface area is 799 Å². The zero-order valence-electron chi connectivity index (χ0n) is 76.1. The molecular weight excluding hydrogens is 1670 g/mol. The maximum atomic E-state index is 6.69. The lowest BCUT2D eigenvalue weighted by Crippen LogP contribution is -2.57. The number of para-hydroxylation sites is 4. The van der Waals surface area contributed by atoms with Gasteiger partial charge in [0.15, 0.2) is 0 Å². The summed E-state index contributed by atoms with van der Waals surface area (Å²) in [5.74, 6) is 14.3. The van der Waals surface area contributed by atoms with E-state index < -0.39 is 0 Å². The lowest BCUT2D eigenvalue weighted by atomic mass is 9.34. The summed E-state index contributed by atoms with van der Waals surface area (Å²) in [4.78, 5) is 0. The molecule has 0 saturated carbocycles. The number of aryl methyl sites for hydroxylation is 5. The minimum absolute atomic E-state index is 0.0432. The van der Waals surface area contributed by atoms with Gasteiger partial charge in [-0.3, -0.25) is 0 Å². The highest BCUT2D eigenvalue weighted by Crippen LogP contribution is 2.49. The summed E-state index contributed by atoms with van der Waals surface area (Å²) in [6.45, 7) is 11.0. The molecule has 0 amide bonds. The first kappa shape index (κ1) is 82.0. The minimum Gasteiger partial charge on any atom is -0.458 e. The molecule has 0 unspecified atom stereocenters. The SMILES string of the molecule is Cc1ccccc1-c1ccc2c(c1)B1c3ccccc3Oc3c(-c4ccccc4C)ccc(c31)O2.Cc1ccccc1-c1ccc2c(c1)B1c3ccccc3Oc3ccc(-c4ccccc4)c(c31)O2.Cc1ccccc1-c1ccc2c3c1Oc1ccc(-c4ccccc4)cc1B3c1ccccc1O2.Cc1ccccc1-c1ccc2c3c1Oc1ccccc1B3c1cc(-c3ccccc3)ccc1O2. The van der Waals surface area contributed by atoms with Crippen molar-refractivity contribution in [3.8, 4) is 181 Å². The molecule has 8 aliphatic heterocycles. The van der Waals surface area contributed by atoms with Gasteiger partial charge >= 0.3 is 0 Å². The molecule has 8 nitrogen and oxygen atoms in total. The van der Waals surface area contributed by atoms with Crippen LogP contribution >= 0.6 is 0 Å². The van der Waals surface area contributed by atoms with Gasteiger partial charge in [0, 0.05) is 44.1 Å². The minimum atomic E-state index is 0.0432. The maximum absolute atomic E-state index is 6.69. The first-order valence-corrected chi connectivity index (χ1v) is 47.0. The molecule has 12 heteroatoms. The number of hydrogen-bond donors (Lipinski definition) is 0. The van der Waals surface area contributed by atoms with Crippen molar-refractivity contribution in [2.24, 2.45) is 0 Å². The zero-order chi connectivity index (χ0) is 91.5. The smallest absolute Gasteiger partial charge is 0.260 e. The van der Waals surface area contributed by atoms with Crippen molar-refractivity contribution < 1.29 is 37.9 Å². The second-order valence-corrected chi connectivity index (χ2v) is 36.3. The normalized spacial score (nSPS) is 12.7. The number of rotatable bonds is 8. The summed E-state index contributed by atoms with van der Waals surface area (Å²) in [7, 11) is 0. The van der Waals surface area contributed by atoms with E-state index in [4.69, 9.17) is 37.9 Å². The third-order valence-electron chi connectivity index (χ3n) is 28.2. The largest absolute Gasteiger partial charge is 0.458 e. The number of ether oxygens (including phenoxy) is 8. The van der Waals surface area contributed by atoms with E-state index in [0.29, 0.717) is 0 Å². The van der Waals surface area contributed by atoms with Crippen molar-refractivity contribution in [1.29, 1.82) is 0 Å². The molecule has 20 aromatic rings. The van der Waals surface area contributed by atoms with Crippen LogP contribution in [0, 0.1) is 34.6 Å². The van der Waals surface area contributed by atoms with Gasteiger partial charge in [-0.05, 0) is 270 Å². The van der Waals surface area contributed by atoms with Crippen LogP contribution in [-0.2, 0) is 0 Å². The molecule has 0 aromatic heterocycles. The van der Waals surface area contributed by atoms with Crippen LogP contribution in [0.25, 0.3) is 89.0 Å². The van der Waals surface area contributed by atoms with Crippen LogP contribution in [0.15, 0.2) is 431 Å². The Kier molecular flexibility index (Phi) is 20.3. The molecule has 137 heavy (non-hydrogen) atoms. The Morgan fingerprint density at radius 3 is 0.650 bits per heavy atom. The summed E-state index contributed by atoms with van der Waals surface area (Å²) in [5, 5.41) is 0. The molecule has 8 aliphatic rings. The van der Waals surface area contributed by atoms with Crippen LogP contribution in [0.4, 0.5) is 0 Å². The van der Waals surface area contributed by atoms with E-state index in [-0.39, 0.29) is 26.9 Å². The molecule has 28 rings (SSSR count). The van der Waals surface area contributed by atoms with Gasteiger partial charge in [0.25, 0.3) is 26.9 Å². The van der Waals surface area contributed by atoms with Crippen LogP contribution < -0.4 is 103 Å². The standard InChI is InChI=1S/C32H23BO2.3C31H21BO2/c1-20-9-3-5-11-23(20)22-15-17-29-27(19-22)33-26-13-7-8-14-28(26)35-32-25(16-18-30(34-29)31(32)33)24-12-6-4-10-21(24)2;1-20-9-5-6-12-23(20)22-15-17-28-26(19-22)32-25-13-7-8-14-27(25)33-29-18-16-24(31(34-28)30(29)32)21-10-3-2-4-11-21;1-20-9-5-6-12-23(20)24-16-18-29-30-31(24)34-27-14-8-7-13-25(27)32(30)26-19-22(15-17-28(26)33-29)21-10-3-2-4-11-21;1-20-9-5-6-12-23(20)24-16-18-29-30-31(24)34-28-17-15-22(21-10-3-2-4-11-21)19-26(28)32(30)25-13-7-8-14-27(25)33-29/h3-19H,1-2H3;3*2-19H,1H3. The van der Waals surface area contributed by atoms with Crippen molar-refractivity contribution in [3.63, 3.8) is 0 Å². The second-order valence-electron chi connectivity index (χ2n) is 36.3. The Morgan fingerprint density at radius 2 is 0.343 bits per heavy atom. The lowest BCUT2D eigenvalue weighted by molar-refractivity contribution is 0.465. The van der Waals surface area contributed by atoms with Crippen LogP contribution in [0.1, 0.15) is 27.8 Å². The molecule has 20 aromatic carbocycles. The highest BCUT2D eigenvalue weighted by atomic mass is 16.5. The average molecular weight is 1760 g/mol. The summed E-state index contributed by atoms with van der Waals surface area (Å²) in [6.07, 6.45) is 0. The van der Waals surface area contributed by atoms with E-state index in [0.717, 1.165) is 142 Å². The Balaban J connectivity index is 0.0000000970. The van der Waals surface area contributed by atoms with E-state index >= 15 is 0 Å². The van der Waals surface area contributed by atoms with Crippen LogP contribution in [0.5, 0.6) is 92.0 Å². The van der Waals surface area contributed by atoms with Gasteiger partial charge in [-0.1, -0.05) is 334 Å². The predicted octanol–water partition coefficient (Wildman–Crippen LogP) is 24.5. The first-order chi connectivity index (χ1) is 67.5. The maximum Gasteiger partial charge on any atom is 0.260 e. The zero-order valence-corrected chi connectivity index (χ0v) is 76.1. The quantitative estimate of drug-likeness (QED) is 0.139. The van der Waals surface area contributed by atoms with E-state index in [1.165, 1.54) is 133 Å². The number of fused-ring (bicyclic) bond motifs is 16. The Morgan fingerprint density at radius 1 is 0.131 bits per heavy atom. The van der Waals surface area contributed by atoms with Crippen molar-refractivity contribution in [3.05, 3.63) is 459 Å². The monoisotopic (exact) mass is 1760 g/mol. The van der Waals surface area contributed by atoms with Gasteiger partial charge in [0.2, 0.25) is 0 Å². The fourth-order valence-electron chi connectivity index (χ4n) is 21.6. The molecule has 0 radical (unpaired) electrons. The van der Waals surface area contributed by atoms with E-state index in [2.05, 4.69) is 435 Å². The van der Waals surface area contributed by atoms with Crippen molar-refractivity contribution >= 4 is 92.4 Å². The molecule has 0 saturated heterocycles. The molecule has 0 N–H and O–H groups in total. The highest BCUT2D eigenvalue weighted by molar-refractivity contribution is 7.00. The van der Waals surface area contributed by atoms with Gasteiger partial charge in [-0.25, -0.2) is 0 Å². The molecule has 0 fully saturated rings. The third-order valence-corrected chi connectivity index (χ3v) is 28.2. The molecular formula is C125H86B4O8. The van der Waals surface area contributed by atoms with E-state index in [9.17, 15) is 0 Å².